The van der Waals surface area contributed by atoms with Gasteiger partial charge in [0.25, 0.3) is 0 Å². The molecule has 0 radical (unpaired) electrons. The molecule has 60 valence electrons. The lowest BCUT2D eigenvalue weighted by Gasteiger charge is -2.02. The van der Waals surface area contributed by atoms with Crippen LogP contribution in [0.2, 0.25) is 0 Å². The molecule has 0 saturated carbocycles. The number of benzene rings is 1. The monoisotopic (exact) mass is 159 g/mol. The average Bonchev–Trinajstić information content (AvgIpc) is 2.06. The van der Waals surface area contributed by atoms with Crippen molar-refractivity contribution < 1.29 is 4.74 Å². The van der Waals surface area contributed by atoms with Gasteiger partial charge in [-0.2, -0.15) is 5.26 Å². The number of rotatable bonds is 2. The minimum Gasteiger partial charge on any atom is -0.461 e. The zero-order chi connectivity index (χ0) is 8.81. The number of nitrogens with zero attached hydrogens (tertiary/aromatic N) is 1. The minimum atomic E-state index is 0.601. The third-order valence-corrected chi connectivity index (χ3v) is 1.29. The summed E-state index contributed by atoms with van der Waals surface area (Å²) in [7, 11) is 0. The first kappa shape index (κ1) is 8.35. The molecule has 1 rings (SSSR count). The Kier molecular flexibility index (Phi) is 2.92. The fraction of sp³-hybridized carbons (Fsp3) is 0.100. The second-order valence-corrected chi connectivity index (χ2v) is 2.30. The normalized spacial score (nSPS) is 10.5. The van der Waals surface area contributed by atoms with Crippen LogP contribution >= 0.6 is 0 Å². The molecule has 0 amide bonds. The number of hydrogen-bond acceptors (Lipinski definition) is 2. The smallest absolute Gasteiger partial charge is 0.126 e. The van der Waals surface area contributed by atoms with Crippen LogP contribution in [0.15, 0.2) is 42.2 Å². The minimum absolute atomic E-state index is 0.601. The first-order valence-electron chi connectivity index (χ1n) is 3.62. The van der Waals surface area contributed by atoms with Crippen LogP contribution < -0.4 is 4.74 Å². The van der Waals surface area contributed by atoms with E-state index in [0.717, 1.165) is 5.75 Å². The first-order valence-corrected chi connectivity index (χ1v) is 3.62. The molecular formula is C10H9NO. The summed E-state index contributed by atoms with van der Waals surface area (Å²) in [5, 5.41) is 8.31. The van der Waals surface area contributed by atoms with E-state index < -0.39 is 0 Å². The van der Waals surface area contributed by atoms with Gasteiger partial charge in [-0.25, -0.2) is 0 Å². The maximum atomic E-state index is 8.31. The van der Waals surface area contributed by atoms with E-state index in [1.54, 1.807) is 6.92 Å². The van der Waals surface area contributed by atoms with E-state index in [1.807, 2.05) is 36.4 Å². The van der Waals surface area contributed by atoms with Crippen LogP contribution in [0.25, 0.3) is 0 Å². The van der Waals surface area contributed by atoms with Crippen molar-refractivity contribution in [2.75, 3.05) is 0 Å². The lowest BCUT2D eigenvalue weighted by atomic mass is 10.3. The topological polar surface area (TPSA) is 33.0 Å². The molecule has 0 bridgehead atoms. The molecule has 0 aromatic heterocycles. The fourth-order valence-corrected chi connectivity index (χ4v) is 0.795. The Balaban J connectivity index is 2.66. The molecule has 0 spiro atoms. The van der Waals surface area contributed by atoms with Crippen LogP contribution in [0.1, 0.15) is 6.92 Å². The van der Waals surface area contributed by atoms with Gasteiger partial charge in [0.2, 0.25) is 0 Å². The molecule has 0 aliphatic carbocycles. The van der Waals surface area contributed by atoms with Gasteiger partial charge in [-0.3, -0.25) is 0 Å². The Hall–Kier alpha value is -1.75. The molecule has 1 aromatic rings. The third kappa shape index (κ3) is 2.47. The average molecular weight is 159 g/mol. The lowest BCUT2D eigenvalue weighted by Crippen LogP contribution is -1.88. The number of para-hydroxylation sites is 1. The number of ether oxygens (including phenoxy) is 1. The van der Waals surface area contributed by atoms with Gasteiger partial charge >= 0.3 is 0 Å². The van der Waals surface area contributed by atoms with E-state index >= 15 is 0 Å². The lowest BCUT2D eigenvalue weighted by molar-refractivity contribution is 0.428. The molecular weight excluding hydrogens is 150 g/mol. The molecule has 0 N–H and O–H groups in total. The van der Waals surface area contributed by atoms with E-state index in [9.17, 15) is 0 Å². The van der Waals surface area contributed by atoms with Crippen LogP contribution in [0, 0.1) is 11.3 Å². The Morgan fingerprint density at radius 2 is 2.08 bits per heavy atom. The second-order valence-electron chi connectivity index (χ2n) is 2.30. The van der Waals surface area contributed by atoms with Gasteiger partial charge in [-0.1, -0.05) is 18.2 Å². The number of nitriles is 1. The highest BCUT2D eigenvalue weighted by atomic mass is 16.5. The largest absolute Gasteiger partial charge is 0.461 e. The van der Waals surface area contributed by atoms with Crippen molar-refractivity contribution in [3.05, 3.63) is 42.2 Å². The summed E-state index contributed by atoms with van der Waals surface area (Å²) in [5.41, 5.74) is 0. The summed E-state index contributed by atoms with van der Waals surface area (Å²) in [6, 6.07) is 11.3. The summed E-state index contributed by atoms with van der Waals surface area (Å²) in [5.74, 6) is 1.35. The summed E-state index contributed by atoms with van der Waals surface area (Å²) in [4.78, 5) is 0. The van der Waals surface area contributed by atoms with Crippen molar-refractivity contribution in [2.45, 2.75) is 6.92 Å². The van der Waals surface area contributed by atoms with Gasteiger partial charge in [-0.05, 0) is 19.1 Å². The SMILES string of the molecule is CC(=CC#N)Oc1ccccc1. The van der Waals surface area contributed by atoms with Crippen molar-refractivity contribution in [1.29, 1.82) is 5.26 Å². The highest BCUT2D eigenvalue weighted by molar-refractivity contribution is 5.24. The Bertz CT molecular complexity index is 308. The zero-order valence-corrected chi connectivity index (χ0v) is 6.82. The maximum Gasteiger partial charge on any atom is 0.126 e. The van der Waals surface area contributed by atoms with Crippen LogP contribution in [-0.2, 0) is 0 Å². The predicted octanol–water partition coefficient (Wildman–Crippen LogP) is 2.49. The van der Waals surface area contributed by atoms with Crippen molar-refractivity contribution in [3.8, 4) is 11.8 Å². The maximum absolute atomic E-state index is 8.31. The molecule has 0 atom stereocenters. The van der Waals surface area contributed by atoms with Gasteiger partial charge < -0.3 is 4.74 Å². The standard InChI is InChI=1S/C10H9NO/c1-9(7-8-11)12-10-5-3-2-4-6-10/h2-7H,1H3. The molecule has 2 nitrogen and oxygen atoms in total. The van der Waals surface area contributed by atoms with Gasteiger partial charge in [0.15, 0.2) is 0 Å². The molecule has 0 aliphatic heterocycles. The fourth-order valence-electron chi connectivity index (χ4n) is 0.795. The molecule has 1 aromatic carbocycles. The molecule has 0 fully saturated rings. The molecule has 0 heterocycles. The summed E-state index contributed by atoms with van der Waals surface area (Å²) in [6.07, 6.45) is 1.37. The van der Waals surface area contributed by atoms with E-state index in [0.29, 0.717) is 5.76 Å². The highest BCUT2D eigenvalue weighted by Crippen LogP contribution is 2.11. The van der Waals surface area contributed by atoms with E-state index in [1.165, 1.54) is 6.08 Å². The van der Waals surface area contributed by atoms with Crippen LogP contribution in [0.4, 0.5) is 0 Å². The van der Waals surface area contributed by atoms with Crippen molar-refractivity contribution in [3.63, 3.8) is 0 Å². The molecule has 0 saturated heterocycles. The Labute approximate surface area is 71.7 Å². The zero-order valence-electron chi connectivity index (χ0n) is 6.82. The summed E-state index contributed by atoms with van der Waals surface area (Å²) < 4.78 is 5.29. The van der Waals surface area contributed by atoms with Gasteiger partial charge in [0, 0.05) is 0 Å². The second kappa shape index (κ2) is 4.20. The molecule has 0 aliphatic rings. The molecule has 12 heavy (non-hydrogen) atoms. The highest BCUT2D eigenvalue weighted by Gasteiger charge is 1.91. The Morgan fingerprint density at radius 3 is 2.67 bits per heavy atom. The van der Waals surface area contributed by atoms with Gasteiger partial charge in [0.1, 0.15) is 11.5 Å². The van der Waals surface area contributed by atoms with Crippen molar-refractivity contribution >= 4 is 0 Å². The predicted molar refractivity (Wildman–Crippen MR) is 46.4 cm³/mol. The van der Waals surface area contributed by atoms with Gasteiger partial charge in [-0.15, -0.1) is 0 Å². The van der Waals surface area contributed by atoms with Crippen LogP contribution in [0.3, 0.4) is 0 Å². The molecule has 0 unspecified atom stereocenters. The molecule has 2 heteroatoms. The third-order valence-electron chi connectivity index (χ3n) is 1.29. The van der Waals surface area contributed by atoms with Gasteiger partial charge in [0.05, 0.1) is 12.1 Å². The van der Waals surface area contributed by atoms with Crippen LogP contribution in [0.5, 0.6) is 5.75 Å². The summed E-state index contributed by atoms with van der Waals surface area (Å²) >= 11 is 0. The van der Waals surface area contributed by atoms with Crippen LogP contribution in [-0.4, -0.2) is 0 Å². The summed E-state index contributed by atoms with van der Waals surface area (Å²) in [6.45, 7) is 1.75. The quantitative estimate of drug-likeness (QED) is 0.490. The number of allylic oxidation sites excluding steroid dienone is 2. The van der Waals surface area contributed by atoms with E-state index in [-0.39, 0.29) is 0 Å². The van der Waals surface area contributed by atoms with Crippen molar-refractivity contribution in [1.82, 2.24) is 0 Å². The van der Waals surface area contributed by atoms with Crippen molar-refractivity contribution in [2.24, 2.45) is 0 Å². The Morgan fingerprint density at radius 1 is 1.42 bits per heavy atom. The first-order chi connectivity index (χ1) is 5.83. The van der Waals surface area contributed by atoms with E-state index in [2.05, 4.69) is 0 Å². The van der Waals surface area contributed by atoms with E-state index in [4.69, 9.17) is 10.00 Å². The number of hydrogen-bond donors (Lipinski definition) is 0.